The molecule has 1 N–H and O–H groups in total. The molecule has 0 unspecified atom stereocenters. The van der Waals surface area contributed by atoms with Gasteiger partial charge in [0.25, 0.3) is 0 Å². The van der Waals surface area contributed by atoms with Crippen molar-refractivity contribution in [2.75, 3.05) is 30.4 Å². The molecule has 0 amide bonds. The van der Waals surface area contributed by atoms with Crippen molar-refractivity contribution in [1.29, 1.82) is 0 Å². The van der Waals surface area contributed by atoms with E-state index in [-0.39, 0.29) is 0 Å². The van der Waals surface area contributed by atoms with Gasteiger partial charge in [0.05, 0.1) is 18.5 Å². The first-order valence-corrected chi connectivity index (χ1v) is 6.07. The average molecular weight is 218 g/mol. The van der Waals surface area contributed by atoms with Crippen molar-refractivity contribution in [3.05, 3.63) is 18.2 Å². The molecule has 0 bridgehead atoms. The maximum Gasteiger partial charge on any atom is 0.121 e. The van der Waals surface area contributed by atoms with Crippen LogP contribution in [-0.2, 0) is 0 Å². The molecule has 3 nitrogen and oxygen atoms in total. The van der Waals surface area contributed by atoms with Crippen LogP contribution in [0.4, 0.5) is 11.4 Å². The van der Waals surface area contributed by atoms with Gasteiger partial charge in [-0.1, -0.05) is 0 Å². The number of hydrogen-bond acceptors (Lipinski definition) is 3. The van der Waals surface area contributed by atoms with E-state index in [1.807, 2.05) is 6.07 Å². The SMILES string of the molecule is COc1ccc2c(c1)N(C1CCC1)CCN2. The van der Waals surface area contributed by atoms with Crippen molar-refractivity contribution in [2.24, 2.45) is 0 Å². The van der Waals surface area contributed by atoms with E-state index in [0.717, 1.165) is 24.9 Å². The Bertz CT molecular complexity index is 388. The molecule has 1 aliphatic heterocycles. The van der Waals surface area contributed by atoms with Crippen LogP contribution in [0.15, 0.2) is 18.2 Å². The van der Waals surface area contributed by atoms with Crippen LogP contribution >= 0.6 is 0 Å². The van der Waals surface area contributed by atoms with Gasteiger partial charge < -0.3 is 15.0 Å². The van der Waals surface area contributed by atoms with Crippen LogP contribution in [0, 0.1) is 0 Å². The maximum atomic E-state index is 5.31. The number of nitrogens with zero attached hydrogens (tertiary/aromatic N) is 1. The highest BCUT2D eigenvalue weighted by Crippen LogP contribution is 2.38. The van der Waals surface area contributed by atoms with Crippen molar-refractivity contribution in [3.63, 3.8) is 0 Å². The molecule has 2 aliphatic rings. The Labute approximate surface area is 96.4 Å². The molecule has 86 valence electrons. The Hall–Kier alpha value is -1.38. The summed E-state index contributed by atoms with van der Waals surface area (Å²) in [7, 11) is 1.73. The zero-order valence-electron chi connectivity index (χ0n) is 9.70. The number of methoxy groups -OCH3 is 1. The number of rotatable bonds is 2. The normalized spacial score (nSPS) is 19.7. The van der Waals surface area contributed by atoms with E-state index in [1.54, 1.807) is 7.11 Å². The highest BCUT2D eigenvalue weighted by molar-refractivity contribution is 5.74. The van der Waals surface area contributed by atoms with Gasteiger partial charge in [0.15, 0.2) is 0 Å². The monoisotopic (exact) mass is 218 g/mol. The first kappa shape index (κ1) is 9.82. The summed E-state index contributed by atoms with van der Waals surface area (Å²) in [4.78, 5) is 2.54. The summed E-state index contributed by atoms with van der Waals surface area (Å²) in [5.41, 5.74) is 2.56. The van der Waals surface area contributed by atoms with Gasteiger partial charge in [0.2, 0.25) is 0 Å². The van der Waals surface area contributed by atoms with Crippen LogP contribution in [0.1, 0.15) is 19.3 Å². The van der Waals surface area contributed by atoms with Gasteiger partial charge in [-0.15, -0.1) is 0 Å². The van der Waals surface area contributed by atoms with Crippen molar-refractivity contribution in [2.45, 2.75) is 25.3 Å². The van der Waals surface area contributed by atoms with Crippen molar-refractivity contribution in [1.82, 2.24) is 0 Å². The second-order valence-corrected chi connectivity index (χ2v) is 4.59. The van der Waals surface area contributed by atoms with E-state index in [2.05, 4.69) is 22.3 Å². The molecule has 0 aromatic heterocycles. The Kier molecular flexibility index (Phi) is 2.39. The van der Waals surface area contributed by atoms with Gasteiger partial charge in [-0.05, 0) is 31.4 Å². The van der Waals surface area contributed by atoms with Crippen LogP contribution in [0.25, 0.3) is 0 Å². The molecule has 1 fully saturated rings. The van der Waals surface area contributed by atoms with Crippen LogP contribution in [0.5, 0.6) is 5.75 Å². The van der Waals surface area contributed by atoms with Crippen LogP contribution in [0.2, 0.25) is 0 Å². The van der Waals surface area contributed by atoms with Gasteiger partial charge in [0, 0.05) is 25.2 Å². The van der Waals surface area contributed by atoms with Crippen LogP contribution in [0.3, 0.4) is 0 Å². The van der Waals surface area contributed by atoms with E-state index < -0.39 is 0 Å². The Morgan fingerprint density at radius 1 is 1.38 bits per heavy atom. The highest BCUT2D eigenvalue weighted by atomic mass is 16.5. The molecule has 16 heavy (non-hydrogen) atoms. The fraction of sp³-hybridized carbons (Fsp3) is 0.538. The summed E-state index contributed by atoms with van der Waals surface area (Å²) in [6, 6.07) is 7.06. The van der Waals surface area contributed by atoms with E-state index in [1.165, 1.54) is 30.6 Å². The van der Waals surface area contributed by atoms with E-state index in [9.17, 15) is 0 Å². The second-order valence-electron chi connectivity index (χ2n) is 4.59. The van der Waals surface area contributed by atoms with Gasteiger partial charge in [-0.25, -0.2) is 0 Å². The molecule has 1 heterocycles. The van der Waals surface area contributed by atoms with Gasteiger partial charge in [-0.2, -0.15) is 0 Å². The molecule has 0 spiro atoms. The largest absolute Gasteiger partial charge is 0.497 e. The molecule has 3 heteroatoms. The third-order valence-corrected chi connectivity index (χ3v) is 3.70. The minimum absolute atomic E-state index is 0.757. The number of nitrogens with one attached hydrogen (secondary N) is 1. The maximum absolute atomic E-state index is 5.31. The predicted octanol–water partition coefficient (Wildman–Crippen LogP) is 2.48. The number of ether oxygens (including phenoxy) is 1. The minimum atomic E-state index is 0.757. The Morgan fingerprint density at radius 2 is 2.25 bits per heavy atom. The van der Waals surface area contributed by atoms with Crippen LogP contribution in [-0.4, -0.2) is 26.2 Å². The molecule has 3 rings (SSSR count). The van der Waals surface area contributed by atoms with Crippen LogP contribution < -0.4 is 15.0 Å². The number of fused-ring (bicyclic) bond motifs is 1. The first-order chi connectivity index (χ1) is 7.88. The molecule has 0 saturated heterocycles. The minimum Gasteiger partial charge on any atom is -0.497 e. The number of hydrogen-bond donors (Lipinski definition) is 1. The molecular formula is C13H18N2O. The van der Waals surface area contributed by atoms with E-state index in [0.29, 0.717) is 0 Å². The molecule has 1 aromatic rings. The lowest BCUT2D eigenvalue weighted by molar-refractivity contribution is 0.385. The zero-order valence-corrected chi connectivity index (χ0v) is 9.70. The number of benzene rings is 1. The lowest BCUT2D eigenvalue weighted by Crippen LogP contribution is -2.45. The fourth-order valence-electron chi connectivity index (χ4n) is 2.53. The zero-order chi connectivity index (χ0) is 11.0. The average Bonchev–Trinajstić information content (AvgIpc) is 2.27. The highest BCUT2D eigenvalue weighted by Gasteiger charge is 2.28. The van der Waals surface area contributed by atoms with Gasteiger partial charge in [-0.3, -0.25) is 0 Å². The third kappa shape index (κ3) is 1.51. The quantitative estimate of drug-likeness (QED) is 0.825. The summed E-state index contributed by atoms with van der Waals surface area (Å²) in [6.45, 7) is 2.17. The van der Waals surface area contributed by atoms with Crippen molar-refractivity contribution in [3.8, 4) is 5.75 Å². The summed E-state index contributed by atoms with van der Waals surface area (Å²) >= 11 is 0. The third-order valence-electron chi connectivity index (χ3n) is 3.70. The summed E-state index contributed by atoms with van der Waals surface area (Å²) < 4.78 is 5.31. The van der Waals surface area contributed by atoms with Crippen molar-refractivity contribution >= 4 is 11.4 Å². The summed E-state index contributed by atoms with van der Waals surface area (Å²) in [5, 5.41) is 3.45. The van der Waals surface area contributed by atoms with Gasteiger partial charge in [0.1, 0.15) is 5.75 Å². The smallest absolute Gasteiger partial charge is 0.121 e. The summed E-state index contributed by atoms with van der Waals surface area (Å²) in [6.07, 6.45) is 4.07. The molecule has 1 saturated carbocycles. The topological polar surface area (TPSA) is 24.5 Å². The summed E-state index contributed by atoms with van der Waals surface area (Å²) in [5.74, 6) is 0.951. The Balaban J connectivity index is 1.94. The molecule has 0 atom stereocenters. The van der Waals surface area contributed by atoms with Gasteiger partial charge >= 0.3 is 0 Å². The lowest BCUT2D eigenvalue weighted by atomic mass is 9.90. The van der Waals surface area contributed by atoms with E-state index in [4.69, 9.17) is 4.74 Å². The lowest BCUT2D eigenvalue weighted by Gasteiger charge is -2.42. The molecule has 1 aromatic carbocycles. The molecule has 0 radical (unpaired) electrons. The molecular weight excluding hydrogens is 200 g/mol. The first-order valence-electron chi connectivity index (χ1n) is 6.07. The fourth-order valence-corrected chi connectivity index (χ4v) is 2.53. The second kappa shape index (κ2) is 3.89. The number of anilines is 2. The standard InChI is InChI=1S/C13H18N2O/c1-16-11-5-6-12-13(9-11)15(8-7-14-12)10-3-2-4-10/h5-6,9-10,14H,2-4,7-8H2,1H3. The molecule has 1 aliphatic carbocycles. The predicted molar refractivity (Wildman–Crippen MR) is 66.5 cm³/mol. The van der Waals surface area contributed by atoms with Crippen molar-refractivity contribution < 1.29 is 4.74 Å². The Morgan fingerprint density at radius 3 is 2.94 bits per heavy atom. The van der Waals surface area contributed by atoms with E-state index >= 15 is 0 Å².